The van der Waals surface area contributed by atoms with E-state index in [1.54, 1.807) is 33.0 Å². The number of ether oxygens (including phenoxy) is 1. The van der Waals surface area contributed by atoms with Gasteiger partial charge in [-0.15, -0.1) is 0 Å². The van der Waals surface area contributed by atoms with Crippen LogP contribution < -0.4 is 16.6 Å². The monoisotopic (exact) mass is 268 g/mol. The van der Waals surface area contributed by atoms with E-state index in [0.717, 1.165) is 5.69 Å². The fourth-order valence-corrected chi connectivity index (χ4v) is 1.47. The molecule has 0 aromatic carbocycles. The van der Waals surface area contributed by atoms with Gasteiger partial charge in [-0.1, -0.05) is 0 Å². The number of hydrazine groups is 1. The molecule has 0 saturated heterocycles. The highest BCUT2D eigenvalue weighted by Crippen LogP contribution is 2.07. The average molecular weight is 268 g/mol. The smallest absolute Gasteiger partial charge is 0.408 e. The first-order valence-electron chi connectivity index (χ1n) is 5.94. The van der Waals surface area contributed by atoms with Crippen molar-refractivity contribution in [1.29, 1.82) is 0 Å². The third-order valence-corrected chi connectivity index (χ3v) is 2.24. The van der Waals surface area contributed by atoms with Crippen LogP contribution in [0.1, 0.15) is 26.5 Å². The van der Waals surface area contributed by atoms with Crippen LogP contribution in [0.5, 0.6) is 0 Å². The van der Waals surface area contributed by atoms with Gasteiger partial charge < -0.3 is 15.0 Å². The molecule has 0 spiro atoms. The van der Waals surface area contributed by atoms with Gasteiger partial charge in [0.05, 0.1) is 0 Å². The maximum Gasteiger partial charge on any atom is 0.408 e. The highest BCUT2D eigenvalue weighted by atomic mass is 16.6. The lowest BCUT2D eigenvalue weighted by molar-refractivity contribution is -0.123. The van der Waals surface area contributed by atoms with Gasteiger partial charge in [0.15, 0.2) is 0 Å². The molecule has 7 nitrogen and oxygen atoms in total. The molecule has 1 aromatic rings. The molecular weight excluding hydrogens is 248 g/mol. The van der Waals surface area contributed by atoms with Gasteiger partial charge in [0.25, 0.3) is 5.91 Å². The summed E-state index contributed by atoms with van der Waals surface area (Å²) in [6.45, 7) is 5.24. The van der Waals surface area contributed by atoms with Crippen molar-refractivity contribution in [3.8, 4) is 0 Å². The molecule has 1 aromatic heterocycles. The second-order valence-corrected chi connectivity index (χ2v) is 5.11. The van der Waals surface area contributed by atoms with Crippen LogP contribution >= 0.6 is 0 Å². The fourth-order valence-electron chi connectivity index (χ4n) is 1.47. The van der Waals surface area contributed by atoms with Crippen molar-refractivity contribution in [1.82, 2.24) is 15.7 Å². The predicted molar refractivity (Wildman–Crippen MR) is 70.0 cm³/mol. The Kier molecular flexibility index (Phi) is 4.94. The summed E-state index contributed by atoms with van der Waals surface area (Å²) in [6, 6.07) is 2.83. The zero-order valence-corrected chi connectivity index (χ0v) is 11.3. The van der Waals surface area contributed by atoms with Gasteiger partial charge in [-0.2, -0.15) is 0 Å². The van der Waals surface area contributed by atoms with Crippen LogP contribution in [0.2, 0.25) is 0 Å². The first-order chi connectivity index (χ1) is 8.81. The molecular formula is C12H20N4O3. The molecule has 7 heteroatoms. The molecule has 1 rings (SSSR count). The highest BCUT2D eigenvalue weighted by molar-refractivity contribution is 5.85. The molecule has 1 heterocycles. The Hall–Kier alpha value is -2.02. The summed E-state index contributed by atoms with van der Waals surface area (Å²) in [5.74, 6) is 4.62. The summed E-state index contributed by atoms with van der Waals surface area (Å²) in [7, 11) is 0. The number of aromatic nitrogens is 1. The SMILES string of the molecule is CC(C)(C)OC(=O)NC(Cc1ccc[nH]1)C(=O)NN. The molecule has 0 saturated carbocycles. The number of aromatic amines is 1. The molecule has 0 aliphatic carbocycles. The van der Waals surface area contributed by atoms with Crippen molar-refractivity contribution in [2.75, 3.05) is 0 Å². The minimum absolute atomic E-state index is 0.301. The molecule has 0 aliphatic heterocycles. The molecule has 2 amide bonds. The lowest BCUT2D eigenvalue weighted by Crippen LogP contribution is -2.51. The van der Waals surface area contributed by atoms with E-state index in [9.17, 15) is 9.59 Å². The quantitative estimate of drug-likeness (QED) is 0.361. The van der Waals surface area contributed by atoms with Crippen molar-refractivity contribution in [2.24, 2.45) is 5.84 Å². The molecule has 0 aliphatic rings. The molecule has 0 fully saturated rings. The van der Waals surface area contributed by atoms with Crippen molar-refractivity contribution in [3.05, 3.63) is 24.0 Å². The molecule has 1 atom stereocenters. The van der Waals surface area contributed by atoms with Gasteiger partial charge in [-0.3, -0.25) is 10.2 Å². The summed E-state index contributed by atoms with van der Waals surface area (Å²) < 4.78 is 5.10. The minimum atomic E-state index is -0.793. The maximum atomic E-state index is 11.7. The topological polar surface area (TPSA) is 109 Å². The number of hydrogen-bond acceptors (Lipinski definition) is 4. The van der Waals surface area contributed by atoms with Crippen LogP contribution in [-0.4, -0.2) is 28.6 Å². The Morgan fingerprint density at radius 3 is 2.63 bits per heavy atom. The van der Waals surface area contributed by atoms with Gasteiger partial charge in [0.1, 0.15) is 11.6 Å². The minimum Gasteiger partial charge on any atom is -0.444 e. The van der Waals surface area contributed by atoms with Crippen LogP contribution in [0.25, 0.3) is 0 Å². The summed E-state index contributed by atoms with van der Waals surface area (Å²) in [5.41, 5.74) is 2.21. The Balaban J connectivity index is 2.65. The lowest BCUT2D eigenvalue weighted by Gasteiger charge is -2.22. The molecule has 1 unspecified atom stereocenters. The number of rotatable bonds is 4. The zero-order chi connectivity index (χ0) is 14.5. The van der Waals surface area contributed by atoms with Crippen LogP contribution in [0.15, 0.2) is 18.3 Å². The number of H-pyrrole nitrogens is 1. The number of carbonyl (C=O) groups is 2. The van der Waals surface area contributed by atoms with Gasteiger partial charge in [0, 0.05) is 18.3 Å². The zero-order valence-electron chi connectivity index (χ0n) is 11.3. The first kappa shape index (κ1) is 15.0. The molecule has 106 valence electrons. The van der Waals surface area contributed by atoms with Gasteiger partial charge >= 0.3 is 6.09 Å². The van der Waals surface area contributed by atoms with E-state index in [2.05, 4.69) is 10.3 Å². The number of carbonyl (C=O) groups excluding carboxylic acids is 2. The Morgan fingerprint density at radius 1 is 1.47 bits per heavy atom. The van der Waals surface area contributed by atoms with E-state index in [0.29, 0.717) is 6.42 Å². The Morgan fingerprint density at radius 2 is 2.16 bits per heavy atom. The number of nitrogens with one attached hydrogen (secondary N) is 3. The van der Waals surface area contributed by atoms with Crippen molar-refractivity contribution in [3.63, 3.8) is 0 Å². The second kappa shape index (κ2) is 6.24. The Labute approximate surface area is 111 Å². The van der Waals surface area contributed by atoms with Crippen LogP contribution in [0.3, 0.4) is 0 Å². The largest absolute Gasteiger partial charge is 0.444 e. The van der Waals surface area contributed by atoms with Crippen molar-refractivity contribution >= 4 is 12.0 Å². The number of alkyl carbamates (subject to hydrolysis) is 1. The molecule has 0 radical (unpaired) electrons. The number of hydrogen-bond donors (Lipinski definition) is 4. The van der Waals surface area contributed by atoms with E-state index in [4.69, 9.17) is 10.6 Å². The number of nitrogens with two attached hydrogens (primary N) is 1. The average Bonchev–Trinajstić information content (AvgIpc) is 2.77. The van der Waals surface area contributed by atoms with Gasteiger partial charge in [-0.05, 0) is 32.9 Å². The van der Waals surface area contributed by atoms with Crippen molar-refractivity contribution < 1.29 is 14.3 Å². The van der Waals surface area contributed by atoms with Gasteiger partial charge in [-0.25, -0.2) is 10.6 Å². The van der Waals surface area contributed by atoms with Crippen LogP contribution in [-0.2, 0) is 16.0 Å². The normalized spacial score (nSPS) is 12.6. The van der Waals surface area contributed by atoms with Crippen LogP contribution in [0.4, 0.5) is 4.79 Å². The van der Waals surface area contributed by atoms with Crippen molar-refractivity contribution in [2.45, 2.75) is 38.8 Å². The fraction of sp³-hybridized carbons (Fsp3) is 0.500. The highest BCUT2D eigenvalue weighted by Gasteiger charge is 2.24. The Bertz CT molecular complexity index is 423. The molecule has 5 N–H and O–H groups in total. The number of amides is 2. The van der Waals surface area contributed by atoms with E-state index >= 15 is 0 Å². The second-order valence-electron chi connectivity index (χ2n) is 5.11. The standard InChI is InChI=1S/C12H20N4O3/c1-12(2,3)19-11(18)15-9(10(17)16-13)7-8-5-4-6-14-8/h4-6,9,14H,7,13H2,1-3H3,(H,15,18)(H,16,17). The lowest BCUT2D eigenvalue weighted by atomic mass is 10.1. The van der Waals surface area contributed by atoms with Gasteiger partial charge in [0.2, 0.25) is 0 Å². The van der Waals surface area contributed by atoms with E-state index in [-0.39, 0.29) is 0 Å². The summed E-state index contributed by atoms with van der Waals surface area (Å²) in [6.07, 6.45) is 1.38. The van der Waals surface area contributed by atoms with E-state index in [1.165, 1.54) is 0 Å². The predicted octanol–water partition coefficient (Wildman–Crippen LogP) is 0.440. The summed E-state index contributed by atoms with van der Waals surface area (Å²) in [5, 5.41) is 2.49. The van der Waals surface area contributed by atoms with Crippen LogP contribution in [0, 0.1) is 0 Å². The first-order valence-corrected chi connectivity index (χ1v) is 5.94. The third-order valence-electron chi connectivity index (χ3n) is 2.24. The molecule has 0 bridgehead atoms. The molecule has 19 heavy (non-hydrogen) atoms. The summed E-state index contributed by atoms with van der Waals surface area (Å²) in [4.78, 5) is 26.2. The summed E-state index contributed by atoms with van der Waals surface area (Å²) >= 11 is 0. The van der Waals surface area contributed by atoms with E-state index < -0.39 is 23.6 Å². The third kappa shape index (κ3) is 5.43. The van der Waals surface area contributed by atoms with E-state index in [1.807, 2.05) is 11.5 Å². The maximum absolute atomic E-state index is 11.7.